The summed E-state index contributed by atoms with van der Waals surface area (Å²) in [5.41, 5.74) is 0.902. The van der Waals surface area contributed by atoms with Gasteiger partial charge >= 0.3 is 5.97 Å². The molecule has 0 spiro atoms. The largest absolute Gasteiger partial charge is 0.480 e. The number of rotatable bonds is 5. The SMILES string of the molecule is CNCc1cccc(Cl)c1OCC(=O)OC. The van der Waals surface area contributed by atoms with Gasteiger partial charge in [0, 0.05) is 12.1 Å². The van der Waals surface area contributed by atoms with Gasteiger partial charge in [0.15, 0.2) is 6.61 Å². The van der Waals surface area contributed by atoms with Crippen LogP contribution >= 0.6 is 11.6 Å². The fourth-order valence-electron chi connectivity index (χ4n) is 1.23. The van der Waals surface area contributed by atoms with E-state index in [-0.39, 0.29) is 6.61 Å². The number of esters is 1. The van der Waals surface area contributed by atoms with Crippen LogP contribution in [-0.2, 0) is 16.1 Å². The first-order valence-corrected chi connectivity index (χ1v) is 5.18. The summed E-state index contributed by atoms with van der Waals surface area (Å²) in [6.07, 6.45) is 0. The summed E-state index contributed by atoms with van der Waals surface area (Å²) in [5, 5.41) is 3.48. The molecule has 5 heteroatoms. The normalized spacial score (nSPS) is 9.94. The lowest BCUT2D eigenvalue weighted by molar-refractivity contribution is -0.142. The summed E-state index contributed by atoms with van der Waals surface area (Å²) in [6, 6.07) is 5.43. The zero-order chi connectivity index (χ0) is 12.0. The molecule has 0 aliphatic rings. The van der Waals surface area contributed by atoms with E-state index in [9.17, 15) is 4.79 Å². The van der Waals surface area contributed by atoms with Crippen molar-refractivity contribution in [3.63, 3.8) is 0 Å². The van der Waals surface area contributed by atoms with Gasteiger partial charge in [0.05, 0.1) is 12.1 Å². The van der Waals surface area contributed by atoms with Gasteiger partial charge in [-0.3, -0.25) is 0 Å². The van der Waals surface area contributed by atoms with E-state index in [1.54, 1.807) is 6.07 Å². The molecule has 1 aromatic rings. The first-order chi connectivity index (χ1) is 7.69. The predicted octanol–water partition coefficient (Wildman–Crippen LogP) is 1.61. The second kappa shape index (κ2) is 6.35. The average molecular weight is 244 g/mol. The quantitative estimate of drug-likeness (QED) is 0.799. The van der Waals surface area contributed by atoms with Crippen molar-refractivity contribution >= 4 is 17.6 Å². The molecule has 0 aliphatic heterocycles. The number of para-hydroxylation sites is 1. The standard InChI is InChI=1S/C11H14ClNO3/c1-13-6-8-4-3-5-9(12)11(8)16-7-10(14)15-2/h3-5,13H,6-7H2,1-2H3. The third-order valence-corrected chi connectivity index (χ3v) is 2.28. The molecule has 88 valence electrons. The third kappa shape index (κ3) is 3.40. The molecule has 0 atom stereocenters. The van der Waals surface area contributed by atoms with E-state index >= 15 is 0 Å². The summed E-state index contributed by atoms with van der Waals surface area (Å²) in [7, 11) is 3.14. The van der Waals surface area contributed by atoms with Gasteiger partial charge in [0.1, 0.15) is 5.75 Å². The van der Waals surface area contributed by atoms with E-state index in [0.717, 1.165) is 5.56 Å². The van der Waals surface area contributed by atoms with Crippen LogP contribution in [0.1, 0.15) is 5.56 Å². The number of carbonyl (C=O) groups is 1. The van der Waals surface area contributed by atoms with Crippen molar-refractivity contribution in [2.24, 2.45) is 0 Å². The van der Waals surface area contributed by atoms with Gasteiger partial charge in [0.2, 0.25) is 0 Å². The molecule has 0 radical (unpaired) electrons. The molecule has 0 amide bonds. The van der Waals surface area contributed by atoms with Gasteiger partial charge in [-0.2, -0.15) is 0 Å². The molecule has 1 N–H and O–H groups in total. The summed E-state index contributed by atoms with van der Waals surface area (Å²) in [5.74, 6) is 0.0826. The van der Waals surface area contributed by atoms with Gasteiger partial charge < -0.3 is 14.8 Å². The summed E-state index contributed by atoms with van der Waals surface area (Å²) < 4.78 is 9.82. The highest BCUT2D eigenvalue weighted by molar-refractivity contribution is 6.32. The minimum Gasteiger partial charge on any atom is -0.480 e. The molecule has 0 aromatic heterocycles. The highest BCUT2D eigenvalue weighted by Crippen LogP contribution is 2.28. The Balaban J connectivity index is 2.79. The Hall–Kier alpha value is -1.26. The molecule has 0 unspecified atom stereocenters. The molecule has 0 saturated heterocycles. The average Bonchev–Trinajstić information content (AvgIpc) is 2.28. The number of benzene rings is 1. The van der Waals surface area contributed by atoms with Crippen molar-refractivity contribution in [2.75, 3.05) is 20.8 Å². The number of nitrogens with one attached hydrogen (secondary N) is 1. The predicted molar refractivity (Wildman–Crippen MR) is 61.7 cm³/mol. The first-order valence-electron chi connectivity index (χ1n) is 4.80. The van der Waals surface area contributed by atoms with Gasteiger partial charge in [0.25, 0.3) is 0 Å². The summed E-state index contributed by atoms with van der Waals surface area (Å²) >= 11 is 5.99. The van der Waals surface area contributed by atoms with Crippen LogP contribution in [0, 0.1) is 0 Å². The van der Waals surface area contributed by atoms with Gasteiger partial charge in [-0.15, -0.1) is 0 Å². The van der Waals surface area contributed by atoms with E-state index in [4.69, 9.17) is 16.3 Å². The van der Waals surface area contributed by atoms with Crippen LogP contribution in [0.5, 0.6) is 5.75 Å². The highest BCUT2D eigenvalue weighted by atomic mass is 35.5. The Morgan fingerprint density at radius 1 is 1.50 bits per heavy atom. The minimum absolute atomic E-state index is 0.142. The van der Waals surface area contributed by atoms with Crippen molar-refractivity contribution in [1.82, 2.24) is 5.32 Å². The Bertz CT molecular complexity index is 368. The van der Waals surface area contributed by atoms with Crippen LogP contribution in [0.3, 0.4) is 0 Å². The van der Waals surface area contributed by atoms with Gasteiger partial charge in [-0.05, 0) is 13.1 Å². The number of methoxy groups -OCH3 is 1. The molecule has 16 heavy (non-hydrogen) atoms. The van der Waals surface area contributed by atoms with Crippen LogP contribution in [-0.4, -0.2) is 26.7 Å². The second-order valence-electron chi connectivity index (χ2n) is 3.12. The highest BCUT2D eigenvalue weighted by Gasteiger charge is 2.10. The van der Waals surface area contributed by atoms with Crippen molar-refractivity contribution < 1.29 is 14.3 Å². The Kier molecular flexibility index (Phi) is 5.08. The van der Waals surface area contributed by atoms with Crippen LogP contribution in [0.2, 0.25) is 5.02 Å². The van der Waals surface area contributed by atoms with Crippen LogP contribution in [0.25, 0.3) is 0 Å². The molecule has 0 bridgehead atoms. The Labute approximate surface area is 99.5 Å². The summed E-state index contributed by atoms with van der Waals surface area (Å²) in [4.78, 5) is 11.0. The Morgan fingerprint density at radius 2 is 2.25 bits per heavy atom. The van der Waals surface area contributed by atoms with Crippen LogP contribution in [0.15, 0.2) is 18.2 Å². The van der Waals surface area contributed by atoms with Crippen molar-refractivity contribution in [3.8, 4) is 5.75 Å². The molecular formula is C11H14ClNO3. The Morgan fingerprint density at radius 3 is 2.88 bits per heavy atom. The zero-order valence-corrected chi connectivity index (χ0v) is 10.0. The lowest BCUT2D eigenvalue weighted by atomic mass is 10.2. The zero-order valence-electron chi connectivity index (χ0n) is 9.25. The molecule has 0 aliphatic carbocycles. The number of halogens is 1. The third-order valence-electron chi connectivity index (χ3n) is 1.98. The molecule has 0 heterocycles. The first kappa shape index (κ1) is 12.8. The van der Waals surface area contributed by atoms with E-state index in [1.807, 2.05) is 19.2 Å². The maximum absolute atomic E-state index is 11.0. The topological polar surface area (TPSA) is 47.6 Å². The van der Waals surface area contributed by atoms with E-state index in [1.165, 1.54) is 7.11 Å². The number of hydrogen-bond acceptors (Lipinski definition) is 4. The minimum atomic E-state index is -0.435. The molecule has 0 saturated carbocycles. The molecule has 1 rings (SSSR count). The molecule has 0 fully saturated rings. The van der Waals surface area contributed by atoms with E-state index in [2.05, 4.69) is 10.1 Å². The molecular weight excluding hydrogens is 230 g/mol. The maximum atomic E-state index is 11.0. The van der Waals surface area contributed by atoms with Gasteiger partial charge in [-0.1, -0.05) is 23.7 Å². The fourth-order valence-corrected chi connectivity index (χ4v) is 1.48. The lowest BCUT2D eigenvalue weighted by Gasteiger charge is -2.11. The lowest BCUT2D eigenvalue weighted by Crippen LogP contribution is -2.15. The summed E-state index contributed by atoms with van der Waals surface area (Å²) in [6.45, 7) is 0.480. The van der Waals surface area contributed by atoms with E-state index in [0.29, 0.717) is 17.3 Å². The maximum Gasteiger partial charge on any atom is 0.343 e. The second-order valence-corrected chi connectivity index (χ2v) is 3.53. The van der Waals surface area contributed by atoms with Crippen molar-refractivity contribution in [2.45, 2.75) is 6.54 Å². The number of hydrogen-bond donors (Lipinski definition) is 1. The smallest absolute Gasteiger partial charge is 0.343 e. The fraction of sp³-hybridized carbons (Fsp3) is 0.364. The van der Waals surface area contributed by atoms with Crippen molar-refractivity contribution in [1.29, 1.82) is 0 Å². The van der Waals surface area contributed by atoms with Crippen molar-refractivity contribution in [3.05, 3.63) is 28.8 Å². The molecule has 4 nitrogen and oxygen atoms in total. The van der Waals surface area contributed by atoms with Crippen LogP contribution < -0.4 is 10.1 Å². The number of ether oxygens (including phenoxy) is 2. The molecule has 1 aromatic carbocycles. The van der Waals surface area contributed by atoms with Gasteiger partial charge in [-0.25, -0.2) is 4.79 Å². The van der Waals surface area contributed by atoms with E-state index < -0.39 is 5.97 Å². The monoisotopic (exact) mass is 243 g/mol. The van der Waals surface area contributed by atoms with Crippen LogP contribution in [0.4, 0.5) is 0 Å². The number of carbonyl (C=O) groups excluding carboxylic acids is 1.